The van der Waals surface area contributed by atoms with Gasteiger partial charge in [0.1, 0.15) is 0 Å². The van der Waals surface area contributed by atoms with E-state index in [1.807, 2.05) is 0 Å². The van der Waals surface area contributed by atoms with Gasteiger partial charge in [-0.05, 0) is 12.3 Å². The maximum Gasteiger partial charge on any atom is 0.262 e. The van der Waals surface area contributed by atoms with Gasteiger partial charge in [-0.25, -0.2) is 13.4 Å². The number of nitrogens with zero attached hydrogens (tertiary/aromatic N) is 3. The molecule has 0 saturated carbocycles. The van der Waals surface area contributed by atoms with Gasteiger partial charge in [-0.3, -0.25) is 0 Å². The SMILES string of the molecule is COCC1CCN(S(=O)(=O)c2c(N)ncn2C)C1. The van der Waals surface area contributed by atoms with Crippen LogP contribution in [0.5, 0.6) is 0 Å². The van der Waals surface area contributed by atoms with Crippen LogP contribution in [0.1, 0.15) is 6.42 Å². The fourth-order valence-corrected chi connectivity index (χ4v) is 3.99. The Kier molecular flexibility index (Phi) is 3.60. The van der Waals surface area contributed by atoms with Crippen LogP contribution in [0.4, 0.5) is 5.82 Å². The summed E-state index contributed by atoms with van der Waals surface area (Å²) in [7, 11) is -0.309. The van der Waals surface area contributed by atoms with Crippen molar-refractivity contribution in [1.29, 1.82) is 0 Å². The second kappa shape index (κ2) is 4.87. The summed E-state index contributed by atoms with van der Waals surface area (Å²) in [4.78, 5) is 3.82. The minimum absolute atomic E-state index is 0.0488. The van der Waals surface area contributed by atoms with Crippen LogP contribution in [-0.2, 0) is 21.8 Å². The van der Waals surface area contributed by atoms with Crippen LogP contribution in [0.25, 0.3) is 0 Å². The molecule has 0 aliphatic carbocycles. The zero-order valence-corrected chi connectivity index (χ0v) is 11.4. The van der Waals surface area contributed by atoms with Crippen molar-refractivity contribution >= 4 is 15.8 Å². The fourth-order valence-electron chi connectivity index (χ4n) is 2.26. The predicted octanol–water partition coefficient (Wildman–Crippen LogP) is -0.341. The van der Waals surface area contributed by atoms with Crippen molar-refractivity contribution in [2.75, 3.05) is 32.5 Å². The molecule has 1 aliphatic heterocycles. The van der Waals surface area contributed by atoms with E-state index in [1.165, 1.54) is 15.2 Å². The number of sulfonamides is 1. The first kappa shape index (κ1) is 13.3. The van der Waals surface area contributed by atoms with Crippen molar-refractivity contribution in [3.05, 3.63) is 6.33 Å². The van der Waals surface area contributed by atoms with E-state index in [9.17, 15) is 8.42 Å². The molecule has 0 bridgehead atoms. The highest BCUT2D eigenvalue weighted by atomic mass is 32.2. The van der Waals surface area contributed by atoms with Gasteiger partial charge in [-0.15, -0.1) is 0 Å². The number of nitrogens with two attached hydrogens (primary N) is 1. The van der Waals surface area contributed by atoms with Crippen LogP contribution in [0.15, 0.2) is 11.4 Å². The van der Waals surface area contributed by atoms with Gasteiger partial charge in [0, 0.05) is 27.2 Å². The normalized spacial score (nSPS) is 21.6. The Morgan fingerprint density at radius 1 is 1.61 bits per heavy atom. The van der Waals surface area contributed by atoms with E-state index >= 15 is 0 Å². The molecule has 0 aromatic carbocycles. The Bertz CT molecular complexity index is 506. The van der Waals surface area contributed by atoms with Gasteiger partial charge in [0.15, 0.2) is 10.8 Å². The Balaban J connectivity index is 2.23. The van der Waals surface area contributed by atoms with Crippen LogP contribution < -0.4 is 5.73 Å². The molecule has 0 amide bonds. The molecule has 0 radical (unpaired) electrons. The molecule has 1 unspecified atom stereocenters. The number of hydrogen-bond donors (Lipinski definition) is 1. The zero-order chi connectivity index (χ0) is 13.3. The summed E-state index contributed by atoms with van der Waals surface area (Å²) in [5, 5.41) is 0.0700. The van der Waals surface area contributed by atoms with Crippen LogP contribution in [0.3, 0.4) is 0 Å². The average molecular weight is 274 g/mol. The molecule has 18 heavy (non-hydrogen) atoms. The van der Waals surface area contributed by atoms with Crippen molar-refractivity contribution in [1.82, 2.24) is 13.9 Å². The zero-order valence-electron chi connectivity index (χ0n) is 10.5. The maximum absolute atomic E-state index is 12.4. The average Bonchev–Trinajstić information content (AvgIpc) is 2.87. The molecule has 102 valence electrons. The van der Waals surface area contributed by atoms with Crippen molar-refractivity contribution < 1.29 is 13.2 Å². The summed E-state index contributed by atoms with van der Waals surface area (Å²) in [6.07, 6.45) is 2.22. The van der Waals surface area contributed by atoms with E-state index in [0.29, 0.717) is 19.7 Å². The van der Waals surface area contributed by atoms with E-state index in [-0.39, 0.29) is 16.8 Å². The molecule has 1 fully saturated rings. The van der Waals surface area contributed by atoms with Crippen LogP contribution in [-0.4, -0.2) is 49.1 Å². The monoisotopic (exact) mass is 274 g/mol. The summed E-state index contributed by atoms with van der Waals surface area (Å²) >= 11 is 0. The quantitative estimate of drug-likeness (QED) is 0.811. The molecule has 1 saturated heterocycles. The van der Waals surface area contributed by atoms with Crippen molar-refractivity contribution in [2.45, 2.75) is 11.4 Å². The first-order valence-corrected chi connectivity index (χ1v) is 7.16. The first-order valence-electron chi connectivity index (χ1n) is 5.72. The third-order valence-corrected chi connectivity index (χ3v) is 5.14. The van der Waals surface area contributed by atoms with Crippen molar-refractivity contribution in [3.8, 4) is 0 Å². The van der Waals surface area contributed by atoms with Gasteiger partial charge >= 0.3 is 0 Å². The summed E-state index contributed by atoms with van der Waals surface area (Å²) in [5.41, 5.74) is 5.63. The largest absolute Gasteiger partial charge is 0.384 e. The van der Waals surface area contributed by atoms with Gasteiger partial charge in [-0.2, -0.15) is 4.31 Å². The number of rotatable bonds is 4. The lowest BCUT2D eigenvalue weighted by Gasteiger charge is -2.16. The second-order valence-corrected chi connectivity index (χ2v) is 6.37. The number of ether oxygens (including phenoxy) is 1. The lowest BCUT2D eigenvalue weighted by Crippen LogP contribution is -2.31. The molecule has 8 heteroatoms. The Morgan fingerprint density at radius 2 is 2.33 bits per heavy atom. The Labute approximate surface area is 107 Å². The van der Waals surface area contributed by atoms with E-state index in [2.05, 4.69) is 4.98 Å². The molecule has 2 rings (SSSR count). The summed E-state index contributed by atoms with van der Waals surface area (Å²) in [6, 6.07) is 0. The first-order chi connectivity index (χ1) is 8.46. The molecular weight excluding hydrogens is 256 g/mol. The van der Waals surface area contributed by atoms with Gasteiger partial charge in [-0.1, -0.05) is 0 Å². The molecule has 1 aromatic heterocycles. The number of anilines is 1. The third kappa shape index (κ3) is 2.23. The molecule has 2 N–H and O–H groups in total. The fraction of sp³-hybridized carbons (Fsp3) is 0.700. The lowest BCUT2D eigenvalue weighted by molar-refractivity contribution is 0.157. The summed E-state index contributed by atoms with van der Waals surface area (Å²) in [5.74, 6) is 0.298. The maximum atomic E-state index is 12.4. The molecule has 2 heterocycles. The standard InChI is InChI=1S/C10H18N4O3S/c1-13-7-12-9(11)10(13)18(15,16)14-4-3-8(5-14)6-17-2/h7-8H,3-6,11H2,1-2H3. The van der Waals surface area contributed by atoms with Crippen LogP contribution >= 0.6 is 0 Å². The summed E-state index contributed by atoms with van der Waals surface area (Å²) in [6.45, 7) is 1.55. The smallest absolute Gasteiger partial charge is 0.262 e. The number of aryl methyl sites for hydroxylation is 1. The minimum atomic E-state index is -3.55. The highest BCUT2D eigenvalue weighted by Gasteiger charge is 2.35. The van der Waals surface area contributed by atoms with E-state index in [1.54, 1.807) is 14.2 Å². The second-order valence-electron chi connectivity index (χ2n) is 4.52. The lowest BCUT2D eigenvalue weighted by atomic mass is 10.1. The van der Waals surface area contributed by atoms with Crippen molar-refractivity contribution in [2.24, 2.45) is 13.0 Å². The molecular formula is C10H18N4O3S. The van der Waals surface area contributed by atoms with Gasteiger partial charge in [0.05, 0.1) is 12.9 Å². The Hall–Kier alpha value is -1.12. The highest BCUT2D eigenvalue weighted by Crippen LogP contribution is 2.26. The predicted molar refractivity (Wildman–Crippen MR) is 66.4 cm³/mol. The number of aromatic nitrogens is 2. The van der Waals surface area contributed by atoms with Gasteiger partial charge in [0.25, 0.3) is 10.0 Å². The number of imidazole rings is 1. The topological polar surface area (TPSA) is 90.4 Å². The van der Waals surface area contributed by atoms with E-state index in [4.69, 9.17) is 10.5 Å². The summed E-state index contributed by atoms with van der Waals surface area (Å²) < 4.78 is 32.8. The highest BCUT2D eigenvalue weighted by molar-refractivity contribution is 7.89. The van der Waals surface area contributed by atoms with E-state index < -0.39 is 10.0 Å². The van der Waals surface area contributed by atoms with Crippen LogP contribution in [0.2, 0.25) is 0 Å². The Morgan fingerprint density at radius 3 is 2.89 bits per heavy atom. The van der Waals surface area contributed by atoms with Gasteiger partial charge < -0.3 is 15.0 Å². The third-order valence-electron chi connectivity index (χ3n) is 3.14. The molecule has 1 atom stereocenters. The van der Waals surface area contributed by atoms with E-state index in [0.717, 1.165) is 6.42 Å². The van der Waals surface area contributed by atoms with Crippen LogP contribution in [0, 0.1) is 5.92 Å². The number of methoxy groups -OCH3 is 1. The number of nitrogen functional groups attached to an aromatic ring is 1. The number of hydrogen-bond acceptors (Lipinski definition) is 5. The molecule has 1 aliphatic rings. The van der Waals surface area contributed by atoms with Crippen molar-refractivity contribution in [3.63, 3.8) is 0 Å². The minimum Gasteiger partial charge on any atom is -0.384 e. The molecule has 0 spiro atoms. The molecule has 1 aromatic rings. The molecule has 7 nitrogen and oxygen atoms in total. The van der Waals surface area contributed by atoms with Gasteiger partial charge in [0.2, 0.25) is 0 Å².